The largest absolute Gasteiger partial charge is 0.486 e. The average molecular weight is 330 g/mol. The second kappa shape index (κ2) is 6.63. The highest BCUT2D eigenvalue weighted by Crippen LogP contribution is 2.42. The number of ether oxygens (including phenoxy) is 2. The van der Waals surface area contributed by atoms with Gasteiger partial charge in [-0.1, -0.05) is 12.5 Å². The minimum atomic E-state index is 0.123. The minimum absolute atomic E-state index is 0.123. The number of nitrogens with one attached hydrogen (secondary N) is 1. The van der Waals surface area contributed by atoms with Crippen LogP contribution in [0.3, 0.4) is 0 Å². The highest BCUT2D eigenvalue weighted by molar-refractivity contribution is 5.78. The Kier molecular flexibility index (Phi) is 4.35. The van der Waals surface area contributed by atoms with E-state index in [1.807, 2.05) is 18.2 Å². The lowest BCUT2D eigenvalue weighted by molar-refractivity contribution is -0.128. The van der Waals surface area contributed by atoms with Crippen LogP contribution in [0.1, 0.15) is 37.7 Å². The van der Waals surface area contributed by atoms with Crippen LogP contribution in [0.25, 0.3) is 0 Å². The van der Waals surface area contributed by atoms with Crippen molar-refractivity contribution in [2.75, 3.05) is 13.2 Å². The molecule has 1 heterocycles. The van der Waals surface area contributed by atoms with Crippen molar-refractivity contribution in [3.05, 3.63) is 23.8 Å². The van der Waals surface area contributed by atoms with Gasteiger partial charge in [-0.3, -0.25) is 4.79 Å². The molecular weight excluding hydrogens is 304 g/mol. The third-order valence-electron chi connectivity index (χ3n) is 5.86. The van der Waals surface area contributed by atoms with Gasteiger partial charge in [-0.15, -0.1) is 0 Å². The van der Waals surface area contributed by atoms with E-state index in [0.717, 1.165) is 29.9 Å². The molecule has 0 radical (unpaired) electrons. The van der Waals surface area contributed by atoms with E-state index in [9.17, 15) is 4.79 Å². The number of carbonyl (C=O) groups is 1. The van der Waals surface area contributed by atoms with Crippen LogP contribution >= 0.6 is 0 Å². The Bertz CT molecular complexity index is 605. The van der Waals surface area contributed by atoms with E-state index in [-0.39, 0.29) is 11.8 Å². The first-order chi connectivity index (χ1) is 11.7. The number of hydrogen-bond donors (Lipinski definition) is 2. The molecule has 0 aromatic heterocycles. The first-order valence-corrected chi connectivity index (χ1v) is 9.12. The van der Waals surface area contributed by atoms with Gasteiger partial charge in [0.25, 0.3) is 0 Å². The monoisotopic (exact) mass is 330 g/mol. The summed E-state index contributed by atoms with van der Waals surface area (Å²) in [6.07, 6.45) is 5.54. The van der Waals surface area contributed by atoms with E-state index >= 15 is 0 Å². The number of amides is 1. The number of nitrogens with two attached hydrogens (primary N) is 1. The van der Waals surface area contributed by atoms with Crippen LogP contribution in [0, 0.1) is 17.8 Å². The Labute approximate surface area is 142 Å². The fourth-order valence-electron chi connectivity index (χ4n) is 4.53. The minimum Gasteiger partial charge on any atom is -0.486 e. The third-order valence-corrected chi connectivity index (χ3v) is 5.86. The summed E-state index contributed by atoms with van der Waals surface area (Å²) in [5.74, 6) is 2.91. The van der Waals surface area contributed by atoms with Gasteiger partial charge in [-0.25, -0.2) is 0 Å². The SMILES string of the molecule is NC1C2CCCC1CC(C(=O)NCc1ccc3c(c1)OCCO3)C2. The molecule has 3 aliphatic rings. The second-order valence-electron chi connectivity index (χ2n) is 7.39. The molecule has 0 saturated heterocycles. The van der Waals surface area contributed by atoms with Crippen LogP contribution < -0.4 is 20.5 Å². The van der Waals surface area contributed by atoms with Crippen LogP contribution in [0.15, 0.2) is 18.2 Å². The third kappa shape index (κ3) is 3.09. The highest BCUT2D eigenvalue weighted by Gasteiger charge is 2.40. The number of carbonyl (C=O) groups excluding carboxylic acids is 1. The fraction of sp³-hybridized carbons (Fsp3) is 0.632. The van der Waals surface area contributed by atoms with Crippen molar-refractivity contribution in [1.82, 2.24) is 5.32 Å². The van der Waals surface area contributed by atoms with Crippen molar-refractivity contribution >= 4 is 5.91 Å². The molecule has 1 amide bonds. The van der Waals surface area contributed by atoms with Gasteiger partial charge >= 0.3 is 0 Å². The van der Waals surface area contributed by atoms with Crippen molar-refractivity contribution in [1.29, 1.82) is 0 Å². The first-order valence-electron chi connectivity index (χ1n) is 9.12. The lowest BCUT2D eigenvalue weighted by atomic mass is 9.65. The predicted octanol–water partition coefficient (Wildman–Crippen LogP) is 2.23. The molecule has 2 atom stereocenters. The Balaban J connectivity index is 1.35. The van der Waals surface area contributed by atoms with Crippen molar-refractivity contribution in [2.24, 2.45) is 23.5 Å². The maximum Gasteiger partial charge on any atom is 0.223 e. The van der Waals surface area contributed by atoms with E-state index in [0.29, 0.717) is 37.6 Å². The van der Waals surface area contributed by atoms with Gasteiger partial charge in [0.05, 0.1) is 0 Å². The van der Waals surface area contributed by atoms with Crippen molar-refractivity contribution < 1.29 is 14.3 Å². The van der Waals surface area contributed by atoms with E-state index in [1.165, 1.54) is 19.3 Å². The Morgan fingerprint density at radius 1 is 1.12 bits per heavy atom. The maximum atomic E-state index is 12.6. The van der Waals surface area contributed by atoms with Gasteiger partial charge in [-0.2, -0.15) is 0 Å². The summed E-state index contributed by atoms with van der Waals surface area (Å²) in [6, 6.07) is 6.17. The smallest absolute Gasteiger partial charge is 0.223 e. The molecule has 5 heteroatoms. The van der Waals surface area contributed by atoms with Crippen LogP contribution in [0.4, 0.5) is 0 Å². The zero-order valence-electron chi connectivity index (χ0n) is 14.0. The molecule has 2 bridgehead atoms. The van der Waals surface area contributed by atoms with Crippen molar-refractivity contribution in [3.8, 4) is 11.5 Å². The summed E-state index contributed by atoms with van der Waals surface area (Å²) in [4.78, 5) is 12.6. The summed E-state index contributed by atoms with van der Waals surface area (Å²) in [5, 5.41) is 3.10. The number of hydrogen-bond acceptors (Lipinski definition) is 4. The van der Waals surface area contributed by atoms with E-state index in [1.54, 1.807) is 0 Å². The molecule has 1 aromatic rings. The summed E-state index contributed by atoms with van der Waals surface area (Å²) in [6.45, 7) is 1.70. The fourth-order valence-corrected chi connectivity index (χ4v) is 4.53. The van der Waals surface area contributed by atoms with Crippen molar-refractivity contribution in [2.45, 2.75) is 44.7 Å². The molecule has 2 saturated carbocycles. The molecule has 2 fully saturated rings. The normalized spacial score (nSPS) is 31.4. The second-order valence-corrected chi connectivity index (χ2v) is 7.39. The highest BCUT2D eigenvalue weighted by atomic mass is 16.6. The molecule has 5 nitrogen and oxygen atoms in total. The van der Waals surface area contributed by atoms with Crippen LogP contribution in [0.2, 0.25) is 0 Å². The molecule has 3 N–H and O–H groups in total. The topological polar surface area (TPSA) is 73.6 Å². The molecule has 130 valence electrons. The zero-order valence-corrected chi connectivity index (χ0v) is 14.0. The number of benzene rings is 1. The van der Waals surface area contributed by atoms with Crippen LogP contribution in [-0.2, 0) is 11.3 Å². The van der Waals surface area contributed by atoms with Crippen LogP contribution in [0.5, 0.6) is 11.5 Å². The van der Waals surface area contributed by atoms with Gasteiger partial charge in [-0.05, 0) is 55.2 Å². The van der Waals surface area contributed by atoms with Gasteiger partial charge in [0.2, 0.25) is 5.91 Å². The quantitative estimate of drug-likeness (QED) is 0.891. The van der Waals surface area contributed by atoms with E-state index < -0.39 is 0 Å². The molecule has 4 rings (SSSR count). The van der Waals surface area contributed by atoms with Gasteiger partial charge in [0.1, 0.15) is 13.2 Å². The van der Waals surface area contributed by atoms with Crippen molar-refractivity contribution in [3.63, 3.8) is 0 Å². The van der Waals surface area contributed by atoms with Gasteiger partial charge in [0.15, 0.2) is 11.5 Å². The lowest BCUT2D eigenvalue weighted by Gasteiger charge is -2.43. The van der Waals surface area contributed by atoms with Gasteiger partial charge in [0, 0.05) is 18.5 Å². The molecule has 1 aromatic carbocycles. The molecule has 2 unspecified atom stereocenters. The standard InChI is InChI=1S/C19H26N2O3/c20-18-13-2-1-3-14(18)10-15(9-13)19(22)21-11-12-4-5-16-17(8-12)24-7-6-23-16/h4-5,8,13-15,18H,1-3,6-7,9-11,20H2,(H,21,22). The van der Waals surface area contributed by atoms with Gasteiger partial charge < -0.3 is 20.5 Å². The Morgan fingerprint density at radius 2 is 1.83 bits per heavy atom. The van der Waals surface area contributed by atoms with E-state index in [2.05, 4.69) is 5.32 Å². The molecule has 2 aliphatic carbocycles. The average Bonchev–Trinajstić information content (AvgIpc) is 2.59. The predicted molar refractivity (Wildman–Crippen MR) is 90.8 cm³/mol. The summed E-state index contributed by atoms with van der Waals surface area (Å²) >= 11 is 0. The Morgan fingerprint density at radius 3 is 2.58 bits per heavy atom. The van der Waals surface area contributed by atoms with E-state index in [4.69, 9.17) is 15.2 Å². The number of rotatable bonds is 3. The Hall–Kier alpha value is -1.75. The lowest BCUT2D eigenvalue weighted by Crippen LogP contribution is -2.49. The molecule has 0 spiro atoms. The summed E-state index contributed by atoms with van der Waals surface area (Å²) in [7, 11) is 0. The zero-order chi connectivity index (χ0) is 16.5. The molecular formula is C19H26N2O3. The first kappa shape index (κ1) is 15.8. The van der Waals surface area contributed by atoms with Crippen LogP contribution in [-0.4, -0.2) is 25.2 Å². The molecule has 1 aliphatic heterocycles. The summed E-state index contributed by atoms with van der Waals surface area (Å²) < 4.78 is 11.1. The number of fused-ring (bicyclic) bond motifs is 3. The summed E-state index contributed by atoms with van der Waals surface area (Å²) in [5.41, 5.74) is 7.36. The molecule has 24 heavy (non-hydrogen) atoms. The maximum absolute atomic E-state index is 12.6.